The fraction of sp³-hybridized carbons (Fsp3) is 1.00. The van der Waals surface area contributed by atoms with Gasteiger partial charge in [0.2, 0.25) is 0 Å². The minimum absolute atomic E-state index is 0.153. The molecule has 0 amide bonds. The van der Waals surface area contributed by atoms with Gasteiger partial charge in [0.05, 0.1) is 10.5 Å². The molecule has 0 heterocycles. The van der Waals surface area contributed by atoms with Crippen LogP contribution in [0.15, 0.2) is 0 Å². The normalized spacial score (nSPS) is 14.5. The Morgan fingerprint density at radius 1 is 0.762 bits per heavy atom. The van der Waals surface area contributed by atoms with E-state index >= 15 is 0 Å². The zero-order valence-electron chi connectivity index (χ0n) is 13.0. The van der Waals surface area contributed by atoms with Gasteiger partial charge < -0.3 is 0 Å². The van der Waals surface area contributed by atoms with Gasteiger partial charge in [0, 0.05) is 5.88 Å². The predicted molar refractivity (Wildman–Crippen MR) is 86.6 cm³/mol. The lowest BCUT2D eigenvalue weighted by molar-refractivity contribution is 0.430. The van der Waals surface area contributed by atoms with Crippen LogP contribution in [0.25, 0.3) is 0 Å². The largest absolute Gasteiger partial charge is 0.284 e. The molecule has 21 heavy (non-hydrogen) atoms. The van der Waals surface area contributed by atoms with Gasteiger partial charge in [-0.3, -0.25) is 0 Å². The summed E-state index contributed by atoms with van der Waals surface area (Å²) in [5.41, 5.74) is 0. The van der Waals surface area contributed by atoms with Crippen molar-refractivity contribution in [1.29, 1.82) is 0 Å². The zero-order chi connectivity index (χ0) is 16.5. The third-order valence-electron chi connectivity index (χ3n) is 3.27. The van der Waals surface area contributed by atoms with Gasteiger partial charge in [0.1, 0.15) is 0 Å². The lowest BCUT2D eigenvalue weighted by atomic mass is 10.2. The van der Waals surface area contributed by atoms with Crippen LogP contribution in [0.5, 0.6) is 0 Å². The average molecular weight is 363 g/mol. The minimum atomic E-state index is -4.16. The Morgan fingerprint density at radius 2 is 1.10 bits per heavy atom. The number of halogens is 1. The predicted octanol–water partition coefficient (Wildman–Crippen LogP) is 3.43. The first-order valence-corrected chi connectivity index (χ1v) is 11.0. The Bertz CT molecular complexity index is 417. The summed E-state index contributed by atoms with van der Waals surface area (Å²) in [6, 6.07) is 0. The topological polar surface area (TPSA) is 77.5 Å². The molecule has 0 aliphatic rings. The smallest absolute Gasteiger partial charge is 0.198 e. The Labute approximate surface area is 134 Å². The molecule has 0 spiro atoms. The second-order valence-electron chi connectivity index (χ2n) is 5.14. The summed E-state index contributed by atoms with van der Waals surface area (Å²) in [5, 5.41) is -1.63. The number of hydrogen-bond acceptors (Lipinski definition) is 5. The Balaban J connectivity index is 5.18. The molecule has 128 valence electrons. The number of alkyl halides is 1. The molecule has 5 nitrogen and oxygen atoms in total. The van der Waals surface area contributed by atoms with Crippen molar-refractivity contribution in [1.82, 2.24) is 0 Å². The third kappa shape index (κ3) is 7.30. The average Bonchev–Trinajstić information content (AvgIpc) is 2.37. The first kappa shape index (κ1) is 21.1. The van der Waals surface area contributed by atoms with Crippen molar-refractivity contribution in [3.63, 3.8) is 0 Å². The van der Waals surface area contributed by atoms with Gasteiger partial charge >= 0.3 is 0 Å². The molecule has 0 aromatic heterocycles. The standard InChI is InChI=1S/C13H27ClO5S2/c1-4-7-12(8-5-2)20(15,16)19-21(17,18)13(9-6-3)10-11-14/h12-13H,4-11H2,1-3H3. The molecule has 0 aliphatic carbocycles. The SMILES string of the molecule is CCCC(CCC)S(=O)(=O)OS(=O)(=O)C(CCC)CCCl. The molecule has 0 rings (SSSR count). The van der Waals surface area contributed by atoms with Crippen LogP contribution in [0.2, 0.25) is 0 Å². The van der Waals surface area contributed by atoms with Gasteiger partial charge in [-0.2, -0.15) is 16.8 Å². The van der Waals surface area contributed by atoms with Crippen molar-refractivity contribution in [3.05, 3.63) is 0 Å². The lowest BCUT2D eigenvalue weighted by Crippen LogP contribution is -2.31. The van der Waals surface area contributed by atoms with E-state index in [1.807, 2.05) is 20.8 Å². The lowest BCUT2D eigenvalue weighted by Gasteiger charge is -2.19. The molecule has 0 N–H and O–H groups in total. The van der Waals surface area contributed by atoms with Crippen molar-refractivity contribution >= 4 is 31.8 Å². The van der Waals surface area contributed by atoms with E-state index in [2.05, 4.69) is 3.63 Å². The van der Waals surface area contributed by atoms with Crippen LogP contribution in [-0.4, -0.2) is 33.2 Å². The molecule has 0 aromatic rings. The maximum Gasteiger partial charge on any atom is 0.284 e. The van der Waals surface area contributed by atoms with E-state index in [1.54, 1.807) is 0 Å². The van der Waals surface area contributed by atoms with Crippen LogP contribution < -0.4 is 0 Å². The molecular formula is C13H27ClO5S2. The second-order valence-corrected chi connectivity index (χ2v) is 9.37. The van der Waals surface area contributed by atoms with E-state index in [9.17, 15) is 16.8 Å². The Kier molecular flexibility index (Phi) is 10.1. The van der Waals surface area contributed by atoms with E-state index in [4.69, 9.17) is 11.6 Å². The molecule has 1 atom stereocenters. The van der Waals surface area contributed by atoms with Crippen molar-refractivity contribution in [2.24, 2.45) is 0 Å². The third-order valence-corrected chi connectivity index (χ3v) is 7.58. The van der Waals surface area contributed by atoms with E-state index in [1.165, 1.54) is 0 Å². The number of rotatable bonds is 12. The first-order chi connectivity index (χ1) is 9.75. The second kappa shape index (κ2) is 10.0. The van der Waals surface area contributed by atoms with Crippen molar-refractivity contribution in [2.75, 3.05) is 5.88 Å². The highest BCUT2D eigenvalue weighted by atomic mass is 35.5. The molecule has 8 heteroatoms. The first-order valence-electron chi connectivity index (χ1n) is 7.49. The van der Waals surface area contributed by atoms with E-state index in [0.29, 0.717) is 38.5 Å². The maximum atomic E-state index is 12.2. The summed E-state index contributed by atoms with van der Waals surface area (Å²) < 4.78 is 53.4. The van der Waals surface area contributed by atoms with Crippen LogP contribution in [0.1, 0.15) is 65.7 Å². The van der Waals surface area contributed by atoms with Crippen molar-refractivity contribution in [3.8, 4) is 0 Å². The highest BCUT2D eigenvalue weighted by Crippen LogP contribution is 2.23. The fourth-order valence-electron chi connectivity index (χ4n) is 2.20. The summed E-state index contributed by atoms with van der Waals surface area (Å²) in [5.74, 6) is 0.153. The minimum Gasteiger partial charge on any atom is -0.198 e. The van der Waals surface area contributed by atoms with E-state index < -0.39 is 30.7 Å². The summed E-state index contributed by atoms with van der Waals surface area (Å²) in [6.07, 6.45) is 3.29. The van der Waals surface area contributed by atoms with Crippen LogP contribution in [0.3, 0.4) is 0 Å². The van der Waals surface area contributed by atoms with Crippen LogP contribution >= 0.6 is 11.6 Å². The molecule has 0 saturated carbocycles. The van der Waals surface area contributed by atoms with Crippen LogP contribution in [-0.2, 0) is 23.9 Å². The van der Waals surface area contributed by atoms with E-state index in [-0.39, 0.29) is 12.3 Å². The van der Waals surface area contributed by atoms with Gasteiger partial charge in [0.15, 0.2) is 0 Å². The summed E-state index contributed by atoms with van der Waals surface area (Å²) >= 11 is 5.60. The number of hydrogen-bond donors (Lipinski definition) is 0. The van der Waals surface area contributed by atoms with Crippen molar-refractivity contribution in [2.45, 2.75) is 76.2 Å². The molecule has 0 bridgehead atoms. The molecule has 0 fully saturated rings. The molecule has 0 aromatic carbocycles. The van der Waals surface area contributed by atoms with Crippen molar-refractivity contribution < 1.29 is 20.5 Å². The van der Waals surface area contributed by atoms with Gasteiger partial charge in [-0.15, -0.1) is 15.2 Å². The van der Waals surface area contributed by atoms with E-state index in [0.717, 1.165) is 0 Å². The Morgan fingerprint density at radius 3 is 1.38 bits per heavy atom. The van der Waals surface area contributed by atoms with Gasteiger partial charge in [0.25, 0.3) is 20.2 Å². The molecular weight excluding hydrogens is 336 g/mol. The molecule has 0 saturated heterocycles. The molecule has 0 radical (unpaired) electrons. The fourth-order valence-corrected chi connectivity index (χ4v) is 6.52. The summed E-state index contributed by atoms with van der Waals surface area (Å²) in [7, 11) is -8.28. The highest BCUT2D eigenvalue weighted by Gasteiger charge is 2.35. The van der Waals surface area contributed by atoms with Gasteiger partial charge in [-0.25, -0.2) is 0 Å². The summed E-state index contributed by atoms with van der Waals surface area (Å²) in [4.78, 5) is 0. The summed E-state index contributed by atoms with van der Waals surface area (Å²) in [6.45, 7) is 5.56. The molecule has 1 unspecified atom stereocenters. The monoisotopic (exact) mass is 362 g/mol. The van der Waals surface area contributed by atoms with Gasteiger partial charge in [-0.1, -0.05) is 40.0 Å². The van der Waals surface area contributed by atoms with Gasteiger partial charge in [-0.05, 0) is 25.7 Å². The highest BCUT2D eigenvalue weighted by molar-refractivity contribution is 8.00. The van der Waals surface area contributed by atoms with Crippen LogP contribution in [0, 0.1) is 0 Å². The van der Waals surface area contributed by atoms with Crippen LogP contribution in [0.4, 0.5) is 0 Å². The zero-order valence-corrected chi connectivity index (χ0v) is 15.4. The quantitative estimate of drug-likeness (QED) is 0.497. The Hall–Kier alpha value is 0.150. The maximum absolute atomic E-state index is 12.2. The molecule has 0 aliphatic heterocycles.